The van der Waals surface area contributed by atoms with E-state index >= 15 is 0 Å². The van der Waals surface area contributed by atoms with E-state index in [1.54, 1.807) is 7.11 Å². The van der Waals surface area contributed by atoms with E-state index in [4.69, 9.17) is 4.74 Å². The fourth-order valence-corrected chi connectivity index (χ4v) is 1.34. The Morgan fingerprint density at radius 2 is 1.94 bits per heavy atom. The lowest BCUT2D eigenvalue weighted by molar-refractivity contribution is -0.141. The molecule has 0 bridgehead atoms. The maximum Gasteiger partial charge on any atom is 0.435 e. The van der Waals surface area contributed by atoms with Crippen molar-refractivity contribution in [3.63, 3.8) is 0 Å². The van der Waals surface area contributed by atoms with E-state index in [9.17, 15) is 13.2 Å². The number of halogens is 3. The van der Waals surface area contributed by atoms with Crippen LogP contribution < -0.4 is 5.32 Å². The molecule has 0 aliphatic heterocycles. The van der Waals surface area contributed by atoms with Crippen LogP contribution in [0.2, 0.25) is 0 Å². The summed E-state index contributed by atoms with van der Waals surface area (Å²) in [6.07, 6.45) is -1.57. The fraction of sp³-hybridized carbons (Fsp3) is 0.636. The third-order valence-corrected chi connectivity index (χ3v) is 2.29. The summed E-state index contributed by atoms with van der Waals surface area (Å²) in [6, 6.07) is 2.20. The van der Waals surface area contributed by atoms with E-state index in [1.165, 1.54) is 6.07 Å². The van der Waals surface area contributed by atoms with Crippen LogP contribution in [-0.4, -0.2) is 30.5 Å². The van der Waals surface area contributed by atoms with Crippen molar-refractivity contribution >= 4 is 5.82 Å². The summed E-state index contributed by atoms with van der Waals surface area (Å²) in [5.41, 5.74) is -0.979. The third kappa shape index (κ3) is 5.31. The van der Waals surface area contributed by atoms with Gasteiger partial charge in [0.15, 0.2) is 5.69 Å². The van der Waals surface area contributed by atoms with E-state index in [0.29, 0.717) is 12.4 Å². The van der Waals surface area contributed by atoms with Crippen LogP contribution >= 0.6 is 0 Å². The van der Waals surface area contributed by atoms with Gasteiger partial charge >= 0.3 is 6.18 Å². The predicted molar refractivity (Wildman–Crippen MR) is 61.3 cm³/mol. The zero-order valence-electron chi connectivity index (χ0n) is 10.1. The first-order valence-corrected chi connectivity index (χ1v) is 5.68. The largest absolute Gasteiger partial charge is 0.435 e. The third-order valence-electron chi connectivity index (χ3n) is 2.29. The van der Waals surface area contributed by atoms with Gasteiger partial charge in [-0.15, -0.1) is 10.2 Å². The highest BCUT2D eigenvalue weighted by Crippen LogP contribution is 2.26. The highest BCUT2D eigenvalue weighted by atomic mass is 19.4. The standard InChI is InChI=1S/C11H16F3N3O/c1-18-8-4-2-3-7-15-10-6-5-9(16-17-10)11(12,13)14/h5-6H,2-4,7-8H2,1H3,(H,15,17). The fourth-order valence-electron chi connectivity index (χ4n) is 1.34. The number of unbranched alkanes of at least 4 members (excludes halogenated alkanes) is 2. The molecule has 1 heterocycles. The lowest BCUT2D eigenvalue weighted by Gasteiger charge is -2.07. The molecular weight excluding hydrogens is 247 g/mol. The summed E-state index contributed by atoms with van der Waals surface area (Å²) in [6.45, 7) is 1.38. The van der Waals surface area contributed by atoms with Gasteiger partial charge < -0.3 is 10.1 Å². The van der Waals surface area contributed by atoms with Crippen molar-refractivity contribution in [3.8, 4) is 0 Å². The smallest absolute Gasteiger partial charge is 0.385 e. The van der Waals surface area contributed by atoms with Crippen molar-refractivity contribution in [2.24, 2.45) is 0 Å². The molecule has 1 N–H and O–H groups in total. The molecule has 0 atom stereocenters. The first kappa shape index (κ1) is 14.7. The number of rotatable bonds is 7. The van der Waals surface area contributed by atoms with Gasteiger partial charge in [-0.2, -0.15) is 13.2 Å². The Kier molecular flexibility index (Phi) is 5.84. The second-order valence-corrected chi connectivity index (χ2v) is 3.78. The minimum absolute atomic E-state index is 0.356. The second-order valence-electron chi connectivity index (χ2n) is 3.78. The van der Waals surface area contributed by atoms with Gasteiger partial charge in [0.25, 0.3) is 0 Å². The molecule has 0 saturated carbocycles. The van der Waals surface area contributed by atoms with Gasteiger partial charge in [0, 0.05) is 20.3 Å². The number of hydrogen-bond donors (Lipinski definition) is 1. The van der Waals surface area contributed by atoms with Crippen LogP contribution in [0.15, 0.2) is 12.1 Å². The molecule has 0 amide bonds. The Bertz CT molecular complexity index is 340. The van der Waals surface area contributed by atoms with Crippen molar-refractivity contribution in [2.75, 3.05) is 25.6 Å². The maximum absolute atomic E-state index is 12.2. The number of aromatic nitrogens is 2. The van der Waals surface area contributed by atoms with E-state index < -0.39 is 11.9 Å². The summed E-state index contributed by atoms with van der Waals surface area (Å²) >= 11 is 0. The van der Waals surface area contributed by atoms with Gasteiger partial charge in [-0.05, 0) is 31.4 Å². The molecule has 7 heteroatoms. The van der Waals surface area contributed by atoms with Gasteiger partial charge in [-0.1, -0.05) is 0 Å². The summed E-state index contributed by atoms with van der Waals surface area (Å²) in [5, 5.41) is 9.51. The predicted octanol–water partition coefficient (Wildman–Crippen LogP) is 2.72. The van der Waals surface area contributed by atoms with Crippen molar-refractivity contribution in [3.05, 3.63) is 17.8 Å². The number of nitrogens with one attached hydrogen (secondary N) is 1. The van der Waals surface area contributed by atoms with Gasteiger partial charge in [0.2, 0.25) is 0 Å². The number of methoxy groups -OCH3 is 1. The first-order chi connectivity index (χ1) is 8.54. The Balaban J connectivity index is 2.27. The molecule has 0 fully saturated rings. The van der Waals surface area contributed by atoms with Gasteiger partial charge in [0.05, 0.1) is 0 Å². The molecule has 18 heavy (non-hydrogen) atoms. The summed E-state index contributed by atoms with van der Waals surface area (Å²) in [7, 11) is 1.65. The minimum atomic E-state index is -4.44. The van der Waals surface area contributed by atoms with Gasteiger partial charge in [-0.3, -0.25) is 0 Å². The molecule has 0 spiro atoms. The molecular formula is C11H16F3N3O. The Morgan fingerprint density at radius 3 is 2.50 bits per heavy atom. The highest BCUT2D eigenvalue weighted by Gasteiger charge is 2.32. The zero-order chi connectivity index (χ0) is 13.4. The van der Waals surface area contributed by atoms with Crippen molar-refractivity contribution in [1.82, 2.24) is 10.2 Å². The molecule has 4 nitrogen and oxygen atoms in total. The number of ether oxygens (including phenoxy) is 1. The lowest BCUT2D eigenvalue weighted by atomic mass is 10.2. The Hall–Kier alpha value is -1.37. The van der Waals surface area contributed by atoms with Crippen LogP contribution in [0.3, 0.4) is 0 Å². The average Bonchev–Trinajstić information content (AvgIpc) is 2.33. The maximum atomic E-state index is 12.2. The van der Waals surface area contributed by atoms with E-state index in [1.807, 2.05) is 0 Å². The molecule has 1 rings (SSSR count). The van der Waals surface area contributed by atoms with E-state index in [-0.39, 0.29) is 0 Å². The zero-order valence-corrected chi connectivity index (χ0v) is 10.1. The lowest BCUT2D eigenvalue weighted by Crippen LogP contribution is -2.11. The van der Waals surface area contributed by atoms with Crippen molar-refractivity contribution in [2.45, 2.75) is 25.4 Å². The number of hydrogen-bond acceptors (Lipinski definition) is 4. The van der Waals surface area contributed by atoms with Crippen molar-refractivity contribution < 1.29 is 17.9 Å². The SMILES string of the molecule is COCCCCCNc1ccc(C(F)(F)F)nn1. The first-order valence-electron chi connectivity index (χ1n) is 5.68. The molecule has 0 unspecified atom stereocenters. The average molecular weight is 263 g/mol. The molecule has 0 aliphatic rings. The quantitative estimate of drug-likeness (QED) is 0.768. The molecule has 0 aliphatic carbocycles. The molecule has 0 aromatic carbocycles. The van der Waals surface area contributed by atoms with E-state index in [0.717, 1.165) is 31.9 Å². The molecule has 0 saturated heterocycles. The van der Waals surface area contributed by atoms with Gasteiger partial charge in [0.1, 0.15) is 5.82 Å². The molecule has 1 aromatic rings. The number of alkyl halides is 3. The van der Waals surface area contributed by atoms with Crippen molar-refractivity contribution in [1.29, 1.82) is 0 Å². The number of nitrogens with zero attached hydrogens (tertiary/aromatic N) is 2. The monoisotopic (exact) mass is 263 g/mol. The molecule has 1 aromatic heterocycles. The van der Waals surface area contributed by atoms with Gasteiger partial charge in [-0.25, -0.2) is 0 Å². The van der Waals surface area contributed by atoms with Crippen LogP contribution in [0, 0.1) is 0 Å². The summed E-state index contributed by atoms with van der Waals surface area (Å²) < 4.78 is 41.5. The summed E-state index contributed by atoms with van der Waals surface area (Å²) in [4.78, 5) is 0. The molecule has 102 valence electrons. The topological polar surface area (TPSA) is 47.0 Å². The number of anilines is 1. The Labute approximate surface area is 104 Å². The molecule has 0 radical (unpaired) electrons. The van der Waals surface area contributed by atoms with Crippen LogP contribution in [0.5, 0.6) is 0 Å². The van der Waals surface area contributed by atoms with Crippen LogP contribution in [0.1, 0.15) is 25.0 Å². The van der Waals surface area contributed by atoms with Crippen LogP contribution in [-0.2, 0) is 10.9 Å². The normalized spacial score (nSPS) is 11.6. The van der Waals surface area contributed by atoms with Crippen LogP contribution in [0.4, 0.5) is 19.0 Å². The van der Waals surface area contributed by atoms with Crippen LogP contribution in [0.25, 0.3) is 0 Å². The minimum Gasteiger partial charge on any atom is -0.385 e. The highest BCUT2D eigenvalue weighted by molar-refractivity contribution is 5.33. The summed E-state index contributed by atoms with van der Waals surface area (Å²) in [5.74, 6) is 0.356. The van der Waals surface area contributed by atoms with E-state index in [2.05, 4.69) is 15.5 Å². The second kappa shape index (κ2) is 7.15. The Morgan fingerprint density at radius 1 is 1.17 bits per heavy atom.